The first-order valence-electron chi connectivity index (χ1n) is 15.1. The van der Waals surface area contributed by atoms with Gasteiger partial charge in [-0.15, -0.1) is 0 Å². The highest BCUT2D eigenvalue weighted by molar-refractivity contribution is 6.09. The number of carbonyl (C=O) groups excluding carboxylic acids is 1. The van der Waals surface area contributed by atoms with Crippen molar-refractivity contribution in [3.63, 3.8) is 0 Å². The van der Waals surface area contributed by atoms with Crippen LogP contribution < -0.4 is 0 Å². The molecule has 1 N–H and O–H groups in total. The van der Waals surface area contributed by atoms with Gasteiger partial charge in [-0.2, -0.15) is 0 Å². The molecule has 36 heavy (non-hydrogen) atoms. The van der Waals surface area contributed by atoms with Crippen LogP contribution in [0.3, 0.4) is 0 Å². The molecular formula is C34H52O2. The lowest BCUT2D eigenvalue weighted by molar-refractivity contribution is -0.113. The van der Waals surface area contributed by atoms with Crippen molar-refractivity contribution in [2.24, 2.45) is 34.5 Å². The van der Waals surface area contributed by atoms with Gasteiger partial charge in [0.2, 0.25) is 0 Å². The van der Waals surface area contributed by atoms with Crippen LogP contribution in [0.15, 0.2) is 46.6 Å². The number of aliphatic hydroxyl groups is 1. The summed E-state index contributed by atoms with van der Waals surface area (Å²) in [5, 5.41) is 11.2. The summed E-state index contributed by atoms with van der Waals surface area (Å²) in [4.78, 5) is 13.7. The van der Waals surface area contributed by atoms with E-state index in [2.05, 4.69) is 65.8 Å². The van der Waals surface area contributed by atoms with Crippen LogP contribution >= 0.6 is 0 Å². The van der Waals surface area contributed by atoms with Gasteiger partial charge < -0.3 is 5.11 Å². The summed E-state index contributed by atoms with van der Waals surface area (Å²) in [5.74, 6) is 2.06. The molecule has 0 aromatic carbocycles. The summed E-state index contributed by atoms with van der Waals surface area (Å²) in [5.41, 5.74) is 4.55. The fraction of sp³-hybridized carbons (Fsp3) is 0.735. The molecule has 2 nitrogen and oxygen atoms in total. The van der Waals surface area contributed by atoms with Crippen molar-refractivity contribution in [3.05, 3.63) is 46.6 Å². The smallest absolute Gasteiger partial charge is 0.184 e. The highest BCUT2D eigenvalue weighted by Crippen LogP contribution is 2.44. The quantitative estimate of drug-likeness (QED) is 0.389. The Balaban J connectivity index is 1.58. The van der Waals surface area contributed by atoms with Crippen molar-refractivity contribution in [1.29, 1.82) is 0 Å². The Hall–Kier alpha value is -1.41. The molecule has 0 unspecified atom stereocenters. The zero-order valence-electron chi connectivity index (χ0n) is 24.0. The molecule has 200 valence electrons. The van der Waals surface area contributed by atoms with Gasteiger partial charge >= 0.3 is 0 Å². The Morgan fingerprint density at radius 1 is 0.639 bits per heavy atom. The Kier molecular flexibility index (Phi) is 8.55. The van der Waals surface area contributed by atoms with Crippen molar-refractivity contribution in [3.8, 4) is 0 Å². The van der Waals surface area contributed by atoms with Gasteiger partial charge in [0.05, 0.1) is 6.10 Å². The fourth-order valence-corrected chi connectivity index (χ4v) is 7.20. The third-order valence-electron chi connectivity index (χ3n) is 9.34. The molecule has 0 saturated heterocycles. The Labute approximate surface area is 221 Å². The van der Waals surface area contributed by atoms with E-state index in [1.54, 1.807) is 0 Å². The standard InChI is InChI=1S/C34H52O2/c1-33(2,3)29-21-24(22-30(32(29)36)34(4,5)6)18-17-23-19-27(25-13-9-7-10-14-25)31(35)28(20-23)26-15-11-8-12-16-26/h19-26,32,36H,7-18H2,1-6H3. The summed E-state index contributed by atoms with van der Waals surface area (Å²) in [6.45, 7) is 13.3. The van der Waals surface area contributed by atoms with Gasteiger partial charge in [0.1, 0.15) is 0 Å². The first kappa shape index (κ1) is 27.6. The number of carbonyl (C=O) groups is 1. The van der Waals surface area contributed by atoms with Gasteiger partial charge in [-0.3, -0.25) is 4.79 Å². The summed E-state index contributed by atoms with van der Waals surface area (Å²) in [6, 6.07) is 0. The molecule has 2 heteroatoms. The van der Waals surface area contributed by atoms with Crippen LogP contribution in [0.1, 0.15) is 119 Å². The maximum Gasteiger partial charge on any atom is 0.184 e. The monoisotopic (exact) mass is 492 g/mol. The van der Waals surface area contributed by atoms with E-state index in [9.17, 15) is 9.90 Å². The minimum Gasteiger partial charge on any atom is -0.384 e. The number of rotatable bonds is 5. The zero-order chi connectivity index (χ0) is 26.1. The van der Waals surface area contributed by atoms with Crippen LogP contribution in [0.5, 0.6) is 0 Å². The van der Waals surface area contributed by atoms with Gasteiger partial charge in [0.15, 0.2) is 5.78 Å². The molecule has 0 aliphatic heterocycles. The molecule has 0 bridgehead atoms. The van der Waals surface area contributed by atoms with Crippen LogP contribution in [0.25, 0.3) is 0 Å². The highest BCUT2D eigenvalue weighted by Gasteiger charge is 2.36. The number of Topliss-reactive ketones (excluding diaryl/α,β-unsaturated/α-hetero) is 1. The Morgan fingerprint density at radius 2 is 1.00 bits per heavy atom. The molecule has 2 saturated carbocycles. The number of allylic oxidation sites excluding steroid dienone is 6. The first-order valence-corrected chi connectivity index (χ1v) is 15.1. The molecule has 0 aromatic rings. The van der Waals surface area contributed by atoms with E-state index in [-0.39, 0.29) is 10.8 Å². The SMILES string of the molecule is CC(C)(C)C1=CC(CCC2C=C(C3CCCCC3)C(=O)C(C3CCCCC3)=C2)C=C(C(C)(C)C)C1O. The van der Waals surface area contributed by atoms with E-state index in [1.165, 1.54) is 75.4 Å². The van der Waals surface area contributed by atoms with E-state index >= 15 is 0 Å². The second kappa shape index (κ2) is 11.1. The predicted octanol–water partition coefficient (Wildman–Crippen LogP) is 8.91. The lowest BCUT2D eigenvalue weighted by Gasteiger charge is -2.39. The topological polar surface area (TPSA) is 37.3 Å². The normalized spacial score (nSPS) is 27.9. The molecule has 4 aliphatic rings. The molecule has 4 aliphatic carbocycles. The molecular weight excluding hydrogens is 440 g/mol. The summed E-state index contributed by atoms with van der Waals surface area (Å²) < 4.78 is 0. The molecule has 0 amide bonds. The van der Waals surface area contributed by atoms with Gasteiger partial charge in [-0.1, -0.05) is 104 Å². The van der Waals surface area contributed by atoms with E-state index in [1.807, 2.05) is 0 Å². The fourth-order valence-electron chi connectivity index (χ4n) is 7.20. The minimum absolute atomic E-state index is 0.0538. The van der Waals surface area contributed by atoms with E-state index in [4.69, 9.17) is 0 Å². The highest BCUT2D eigenvalue weighted by atomic mass is 16.3. The first-order chi connectivity index (χ1) is 16.9. The predicted molar refractivity (Wildman–Crippen MR) is 152 cm³/mol. The molecule has 2 fully saturated rings. The average molecular weight is 493 g/mol. The number of ketones is 1. The maximum atomic E-state index is 13.7. The zero-order valence-corrected chi connectivity index (χ0v) is 24.0. The van der Waals surface area contributed by atoms with Gasteiger partial charge in [0.25, 0.3) is 0 Å². The third kappa shape index (κ3) is 6.35. The van der Waals surface area contributed by atoms with Crippen molar-refractivity contribution in [2.45, 2.75) is 125 Å². The van der Waals surface area contributed by atoms with Crippen molar-refractivity contribution in [1.82, 2.24) is 0 Å². The molecule has 0 aromatic heterocycles. The molecule has 0 spiro atoms. The van der Waals surface area contributed by atoms with Crippen molar-refractivity contribution in [2.75, 3.05) is 0 Å². The van der Waals surface area contributed by atoms with Crippen LogP contribution in [0.2, 0.25) is 0 Å². The van der Waals surface area contributed by atoms with E-state index < -0.39 is 6.10 Å². The van der Waals surface area contributed by atoms with Gasteiger partial charge in [-0.05, 0) is 95.3 Å². The summed E-state index contributed by atoms with van der Waals surface area (Å²) >= 11 is 0. The van der Waals surface area contributed by atoms with Crippen LogP contribution in [0.4, 0.5) is 0 Å². The van der Waals surface area contributed by atoms with Crippen LogP contribution in [-0.2, 0) is 4.79 Å². The maximum absolute atomic E-state index is 13.7. The molecule has 4 rings (SSSR count). The van der Waals surface area contributed by atoms with Crippen LogP contribution in [-0.4, -0.2) is 17.0 Å². The van der Waals surface area contributed by atoms with E-state index in [0.29, 0.717) is 29.5 Å². The summed E-state index contributed by atoms with van der Waals surface area (Å²) in [6.07, 6.45) is 23.6. The Morgan fingerprint density at radius 3 is 1.36 bits per heavy atom. The van der Waals surface area contributed by atoms with Gasteiger partial charge in [-0.25, -0.2) is 0 Å². The largest absolute Gasteiger partial charge is 0.384 e. The average Bonchev–Trinajstić information content (AvgIpc) is 2.83. The number of hydrogen-bond donors (Lipinski definition) is 1. The lowest BCUT2D eigenvalue weighted by atomic mass is 9.68. The number of hydrogen-bond acceptors (Lipinski definition) is 2. The van der Waals surface area contributed by atoms with Crippen molar-refractivity contribution < 1.29 is 9.90 Å². The summed E-state index contributed by atoms with van der Waals surface area (Å²) in [7, 11) is 0. The van der Waals surface area contributed by atoms with Crippen molar-refractivity contribution >= 4 is 5.78 Å². The Bertz CT molecular complexity index is 847. The van der Waals surface area contributed by atoms with E-state index in [0.717, 1.165) is 24.0 Å². The second-order valence-corrected chi connectivity index (χ2v) is 14.3. The minimum atomic E-state index is -0.482. The molecule has 0 heterocycles. The van der Waals surface area contributed by atoms with Gasteiger partial charge in [0, 0.05) is 0 Å². The molecule has 0 radical (unpaired) electrons. The lowest BCUT2D eigenvalue weighted by Crippen LogP contribution is -2.33. The third-order valence-corrected chi connectivity index (χ3v) is 9.34. The molecule has 0 atom stereocenters. The number of aliphatic hydroxyl groups excluding tert-OH is 1. The second-order valence-electron chi connectivity index (χ2n) is 14.3. The van der Waals surface area contributed by atoms with Crippen LogP contribution in [0, 0.1) is 34.5 Å².